The normalized spacial score (nSPS) is 19.0. The number of rotatable bonds is 3. The second-order valence-corrected chi connectivity index (χ2v) is 8.50. The van der Waals surface area contributed by atoms with Crippen LogP contribution in [0.4, 0.5) is 0 Å². The van der Waals surface area contributed by atoms with E-state index in [1.807, 2.05) is 42.3 Å². The summed E-state index contributed by atoms with van der Waals surface area (Å²) in [4.78, 5) is 17.3. The van der Waals surface area contributed by atoms with Gasteiger partial charge in [-0.15, -0.1) is 0 Å². The molecule has 1 fully saturated rings. The molecule has 6 heteroatoms. The fourth-order valence-corrected chi connectivity index (χ4v) is 3.82. The van der Waals surface area contributed by atoms with Gasteiger partial charge in [0, 0.05) is 31.5 Å². The first-order valence-electron chi connectivity index (χ1n) is 8.21. The standard InChI is InChI=1S/C19H22N2O3S/c1-20-11-12-21(18(14-20)15-7-4-3-5-8-15)19(22)16-9-6-10-17(13-16)25(2,23)24/h3-10,13,18H,11-12,14H2,1-2H3/t18-/m1/s1. The van der Waals surface area contributed by atoms with Crippen LogP contribution in [0, 0.1) is 0 Å². The highest BCUT2D eigenvalue weighted by molar-refractivity contribution is 7.90. The second kappa shape index (κ2) is 6.98. The minimum atomic E-state index is -3.34. The molecule has 1 heterocycles. The Labute approximate surface area is 148 Å². The average molecular weight is 358 g/mol. The van der Waals surface area contributed by atoms with E-state index in [9.17, 15) is 13.2 Å². The summed E-state index contributed by atoms with van der Waals surface area (Å²) in [6, 6.07) is 16.2. The van der Waals surface area contributed by atoms with Gasteiger partial charge in [0.1, 0.15) is 0 Å². The summed E-state index contributed by atoms with van der Waals surface area (Å²) in [5.41, 5.74) is 1.50. The maximum atomic E-state index is 13.1. The number of piperazine rings is 1. The number of benzene rings is 2. The van der Waals surface area contributed by atoms with Gasteiger partial charge in [0.2, 0.25) is 0 Å². The topological polar surface area (TPSA) is 57.7 Å². The summed E-state index contributed by atoms with van der Waals surface area (Å²) < 4.78 is 23.6. The lowest BCUT2D eigenvalue weighted by Gasteiger charge is -2.40. The average Bonchev–Trinajstić information content (AvgIpc) is 2.61. The van der Waals surface area contributed by atoms with Crippen LogP contribution in [-0.4, -0.2) is 57.1 Å². The molecule has 5 nitrogen and oxygen atoms in total. The van der Waals surface area contributed by atoms with Crippen molar-refractivity contribution in [3.63, 3.8) is 0 Å². The molecule has 0 aliphatic carbocycles. The second-order valence-electron chi connectivity index (χ2n) is 6.49. The molecular weight excluding hydrogens is 336 g/mol. The molecule has 1 amide bonds. The van der Waals surface area contributed by atoms with E-state index in [-0.39, 0.29) is 16.8 Å². The zero-order valence-electron chi connectivity index (χ0n) is 14.4. The van der Waals surface area contributed by atoms with Crippen molar-refractivity contribution >= 4 is 15.7 Å². The molecule has 0 radical (unpaired) electrons. The highest BCUT2D eigenvalue weighted by Crippen LogP contribution is 2.27. The number of sulfone groups is 1. The van der Waals surface area contributed by atoms with Crippen LogP contribution < -0.4 is 0 Å². The van der Waals surface area contributed by atoms with Crippen LogP contribution in [0.1, 0.15) is 22.0 Å². The Bertz CT molecular complexity index is 865. The predicted octanol–water partition coefficient (Wildman–Crippen LogP) is 2.22. The van der Waals surface area contributed by atoms with Crippen LogP contribution >= 0.6 is 0 Å². The van der Waals surface area contributed by atoms with E-state index in [0.717, 1.165) is 24.9 Å². The third-order valence-electron chi connectivity index (χ3n) is 4.54. The monoisotopic (exact) mass is 358 g/mol. The van der Waals surface area contributed by atoms with Gasteiger partial charge in [0.05, 0.1) is 10.9 Å². The molecule has 132 valence electrons. The highest BCUT2D eigenvalue weighted by Gasteiger charge is 2.31. The highest BCUT2D eigenvalue weighted by atomic mass is 32.2. The molecule has 0 bridgehead atoms. The van der Waals surface area contributed by atoms with Crippen LogP contribution in [-0.2, 0) is 9.84 Å². The summed E-state index contributed by atoms with van der Waals surface area (Å²) in [7, 11) is -1.30. The van der Waals surface area contributed by atoms with E-state index < -0.39 is 9.84 Å². The molecule has 2 aromatic carbocycles. The maximum absolute atomic E-state index is 13.1. The summed E-state index contributed by atoms with van der Waals surface area (Å²) in [5.74, 6) is -0.132. The predicted molar refractivity (Wildman–Crippen MR) is 97.3 cm³/mol. The Morgan fingerprint density at radius 3 is 2.44 bits per heavy atom. The summed E-state index contributed by atoms with van der Waals surface area (Å²) >= 11 is 0. The molecule has 0 spiro atoms. The van der Waals surface area contributed by atoms with Gasteiger partial charge in [-0.05, 0) is 30.8 Å². The van der Waals surface area contributed by atoms with E-state index >= 15 is 0 Å². The zero-order chi connectivity index (χ0) is 18.0. The van der Waals surface area contributed by atoms with Crippen molar-refractivity contribution in [1.82, 2.24) is 9.80 Å². The number of likely N-dealkylation sites (N-methyl/N-ethyl adjacent to an activating group) is 1. The molecule has 0 aromatic heterocycles. The lowest BCUT2D eigenvalue weighted by molar-refractivity contribution is 0.0498. The third kappa shape index (κ3) is 3.91. The third-order valence-corrected chi connectivity index (χ3v) is 5.65. The van der Waals surface area contributed by atoms with Crippen LogP contribution in [0.2, 0.25) is 0 Å². The number of amides is 1. The Hall–Kier alpha value is -2.18. The van der Waals surface area contributed by atoms with Crippen molar-refractivity contribution < 1.29 is 13.2 Å². The van der Waals surface area contributed by atoms with Gasteiger partial charge in [-0.25, -0.2) is 8.42 Å². The van der Waals surface area contributed by atoms with Gasteiger partial charge in [-0.2, -0.15) is 0 Å². The Kier molecular flexibility index (Phi) is 4.92. The molecule has 2 aromatic rings. The molecule has 0 saturated carbocycles. The number of hydrogen-bond acceptors (Lipinski definition) is 4. The Morgan fingerprint density at radius 1 is 1.04 bits per heavy atom. The SMILES string of the molecule is CN1CCN(C(=O)c2cccc(S(C)(=O)=O)c2)[C@@H](c2ccccc2)C1. The number of carbonyl (C=O) groups is 1. The van der Waals surface area contributed by atoms with Crippen molar-refractivity contribution in [2.24, 2.45) is 0 Å². The smallest absolute Gasteiger partial charge is 0.254 e. The summed E-state index contributed by atoms with van der Waals surface area (Å²) in [5, 5.41) is 0. The quantitative estimate of drug-likeness (QED) is 0.844. The van der Waals surface area contributed by atoms with Crippen LogP contribution in [0.3, 0.4) is 0 Å². The van der Waals surface area contributed by atoms with Crippen molar-refractivity contribution in [3.05, 3.63) is 65.7 Å². The van der Waals surface area contributed by atoms with Gasteiger partial charge in [-0.1, -0.05) is 36.4 Å². The molecule has 0 N–H and O–H groups in total. The van der Waals surface area contributed by atoms with Gasteiger partial charge in [0.25, 0.3) is 5.91 Å². The van der Waals surface area contributed by atoms with Crippen molar-refractivity contribution in [2.45, 2.75) is 10.9 Å². The first kappa shape index (κ1) is 17.6. The van der Waals surface area contributed by atoms with Crippen LogP contribution in [0.25, 0.3) is 0 Å². The van der Waals surface area contributed by atoms with Crippen LogP contribution in [0.15, 0.2) is 59.5 Å². The summed E-state index contributed by atoms with van der Waals surface area (Å²) in [6.45, 7) is 2.15. The lowest BCUT2D eigenvalue weighted by Crippen LogP contribution is -2.49. The fourth-order valence-electron chi connectivity index (χ4n) is 3.15. The molecule has 1 saturated heterocycles. The van der Waals surface area contributed by atoms with Gasteiger partial charge in [-0.3, -0.25) is 4.79 Å². The lowest BCUT2D eigenvalue weighted by atomic mass is 10.0. The molecule has 25 heavy (non-hydrogen) atoms. The Balaban J connectivity index is 1.94. The number of hydrogen-bond donors (Lipinski definition) is 0. The minimum absolute atomic E-state index is 0.0469. The van der Waals surface area contributed by atoms with E-state index in [0.29, 0.717) is 12.1 Å². The fraction of sp³-hybridized carbons (Fsp3) is 0.316. The van der Waals surface area contributed by atoms with Gasteiger partial charge in [0.15, 0.2) is 9.84 Å². The van der Waals surface area contributed by atoms with Gasteiger partial charge < -0.3 is 9.80 Å². The largest absolute Gasteiger partial charge is 0.329 e. The van der Waals surface area contributed by atoms with E-state index in [1.165, 1.54) is 12.1 Å². The van der Waals surface area contributed by atoms with Crippen molar-refractivity contribution in [1.29, 1.82) is 0 Å². The number of nitrogens with zero attached hydrogens (tertiary/aromatic N) is 2. The first-order chi connectivity index (χ1) is 11.9. The van der Waals surface area contributed by atoms with Crippen LogP contribution in [0.5, 0.6) is 0 Å². The molecular formula is C19H22N2O3S. The molecule has 0 unspecified atom stereocenters. The van der Waals surface area contributed by atoms with Gasteiger partial charge >= 0.3 is 0 Å². The molecule has 1 atom stereocenters. The van der Waals surface area contributed by atoms with Crippen molar-refractivity contribution in [2.75, 3.05) is 32.9 Å². The number of carbonyl (C=O) groups excluding carboxylic acids is 1. The zero-order valence-corrected chi connectivity index (χ0v) is 15.2. The first-order valence-corrected chi connectivity index (χ1v) is 10.1. The maximum Gasteiger partial charge on any atom is 0.254 e. The molecule has 1 aliphatic heterocycles. The minimum Gasteiger partial charge on any atom is -0.329 e. The van der Waals surface area contributed by atoms with E-state index in [4.69, 9.17) is 0 Å². The van der Waals surface area contributed by atoms with E-state index in [1.54, 1.807) is 12.1 Å². The van der Waals surface area contributed by atoms with Crippen molar-refractivity contribution in [3.8, 4) is 0 Å². The Morgan fingerprint density at radius 2 is 1.76 bits per heavy atom. The molecule has 1 aliphatic rings. The summed E-state index contributed by atoms with van der Waals surface area (Å²) in [6.07, 6.45) is 1.15. The molecule has 3 rings (SSSR count). The van der Waals surface area contributed by atoms with E-state index in [2.05, 4.69) is 4.90 Å².